The maximum absolute atomic E-state index is 13.7. The van der Waals surface area contributed by atoms with Gasteiger partial charge in [0.15, 0.2) is 0 Å². The summed E-state index contributed by atoms with van der Waals surface area (Å²) in [6, 6.07) is 13.4. The number of aromatic nitrogens is 1. The number of carbonyl (C=O) groups excluding carboxylic acids is 2. The van der Waals surface area contributed by atoms with Crippen LogP contribution in [0.15, 0.2) is 47.3 Å². The van der Waals surface area contributed by atoms with Crippen molar-refractivity contribution in [2.24, 2.45) is 11.3 Å². The molecule has 178 valence electrons. The highest BCUT2D eigenvalue weighted by molar-refractivity contribution is 5.98. The molecule has 6 heteroatoms. The van der Waals surface area contributed by atoms with Gasteiger partial charge in [-0.15, -0.1) is 0 Å². The van der Waals surface area contributed by atoms with Gasteiger partial charge in [-0.1, -0.05) is 43.5 Å². The van der Waals surface area contributed by atoms with Crippen LogP contribution >= 0.6 is 0 Å². The molecule has 2 fully saturated rings. The Hall–Kier alpha value is -2.89. The van der Waals surface area contributed by atoms with Crippen LogP contribution in [0.1, 0.15) is 72.5 Å². The summed E-state index contributed by atoms with van der Waals surface area (Å²) in [5.74, 6) is 0.921. The molecule has 1 saturated heterocycles. The Balaban J connectivity index is 1.19. The van der Waals surface area contributed by atoms with Crippen molar-refractivity contribution in [1.29, 1.82) is 0 Å². The molecule has 4 heterocycles. The molecule has 1 saturated carbocycles. The van der Waals surface area contributed by atoms with E-state index in [1.165, 1.54) is 6.42 Å². The van der Waals surface area contributed by atoms with E-state index in [2.05, 4.69) is 11.0 Å². The Morgan fingerprint density at radius 3 is 2.59 bits per heavy atom. The Kier molecular flexibility index (Phi) is 5.34. The SMILES string of the molecule is O=C(CC1(CN2Cc3ccccc3C2=O)CCCCC1)N1C[C@H]2C[C@@H](C1)c1cccc(=O)n1C2. The van der Waals surface area contributed by atoms with Crippen molar-refractivity contribution in [3.05, 3.63) is 69.6 Å². The van der Waals surface area contributed by atoms with E-state index in [1.807, 2.05) is 39.8 Å². The predicted octanol–water partition coefficient (Wildman–Crippen LogP) is 3.79. The van der Waals surface area contributed by atoms with Gasteiger partial charge in [0, 0.05) is 62.4 Å². The number of piperidine rings is 1. The third-order valence-electron chi connectivity index (χ3n) is 8.70. The van der Waals surface area contributed by atoms with Crippen molar-refractivity contribution in [2.75, 3.05) is 19.6 Å². The van der Waals surface area contributed by atoms with Crippen LogP contribution in [0.25, 0.3) is 0 Å². The average Bonchev–Trinajstić information content (AvgIpc) is 3.15. The molecule has 6 nitrogen and oxygen atoms in total. The quantitative estimate of drug-likeness (QED) is 0.699. The third-order valence-corrected chi connectivity index (χ3v) is 8.70. The second kappa shape index (κ2) is 8.40. The first-order valence-corrected chi connectivity index (χ1v) is 12.9. The number of hydrogen-bond donors (Lipinski definition) is 0. The van der Waals surface area contributed by atoms with Crippen LogP contribution in [-0.4, -0.2) is 45.8 Å². The van der Waals surface area contributed by atoms with Gasteiger partial charge in [0.1, 0.15) is 0 Å². The topological polar surface area (TPSA) is 62.6 Å². The van der Waals surface area contributed by atoms with Gasteiger partial charge in [-0.2, -0.15) is 0 Å². The van der Waals surface area contributed by atoms with E-state index in [1.54, 1.807) is 6.07 Å². The zero-order valence-electron chi connectivity index (χ0n) is 19.7. The molecule has 3 aliphatic heterocycles. The molecule has 0 unspecified atom stereocenters. The van der Waals surface area contributed by atoms with E-state index < -0.39 is 0 Å². The molecular formula is C28H33N3O3. The van der Waals surface area contributed by atoms with Crippen LogP contribution < -0.4 is 5.56 Å². The summed E-state index contributed by atoms with van der Waals surface area (Å²) < 4.78 is 1.92. The first-order chi connectivity index (χ1) is 16.5. The van der Waals surface area contributed by atoms with E-state index in [0.29, 0.717) is 38.5 Å². The summed E-state index contributed by atoms with van der Waals surface area (Å²) in [7, 11) is 0. The third kappa shape index (κ3) is 3.77. The van der Waals surface area contributed by atoms with Crippen LogP contribution in [0.4, 0.5) is 0 Å². The van der Waals surface area contributed by atoms with Gasteiger partial charge in [0.05, 0.1) is 0 Å². The molecule has 2 bridgehead atoms. The van der Waals surface area contributed by atoms with Crippen LogP contribution in [-0.2, 0) is 17.9 Å². The van der Waals surface area contributed by atoms with Crippen LogP contribution in [0.3, 0.4) is 0 Å². The maximum Gasteiger partial charge on any atom is 0.254 e. The lowest BCUT2D eigenvalue weighted by atomic mass is 9.71. The van der Waals surface area contributed by atoms with Crippen LogP contribution in [0.2, 0.25) is 0 Å². The van der Waals surface area contributed by atoms with Crippen molar-refractivity contribution in [1.82, 2.24) is 14.4 Å². The van der Waals surface area contributed by atoms with E-state index >= 15 is 0 Å². The van der Waals surface area contributed by atoms with Gasteiger partial charge in [-0.05, 0) is 48.3 Å². The number of likely N-dealkylation sites (tertiary alicyclic amines) is 1. The Bertz CT molecular complexity index is 1180. The van der Waals surface area contributed by atoms with Crippen LogP contribution in [0.5, 0.6) is 0 Å². The second-order valence-electron chi connectivity index (χ2n) is 11.1. The lowest BCUT2D eigenvalue weighted by molar-refractivity contribution is -0.137. The lowest BCUT2D eigenvalue weighted by Gasteiger charge is -2.45. The summed E-state index contributed by atoms with van der Waals surface area (Å²) >= 11 is 0. The van der Waals surface area contributed by atoms with Gasteiger partial charge >= 0.3 is 0 Å². The van der Waals surface area contributed by atoms with Crippen molar-refractivity contribution in [2.45, 2.75) is 64.0 Å². The zero-order valence-corrected chi connectivity index (χ0v) is 19.7. The van der Waals surface area contributed by atoms with Crippen molar-refractivity contribution < 1.29 is 9.59 Å². The number of rotatable bonds is 4. The molecule has 0 spiro atoms. The standard InChI is InChI=1S/C28H33N3O3/c32-25-10-6-9-24-22-13-20(16-31(24)25)15-29(18-22)26(33)14-28(11-4-1-5-12-28)19-30-17-21-7-2-3-8-23(21)27(30)34/h2-3,6-10,20,22H,1,4-5,11-19H2/t20-,22+/m1/s1. The molecule has 1 aromatic heterocycles. The number of nitrogens with zero attached hydrogens (tertiary/aromatic N) is 3. The molecule has 4 aliphatic rings. The monoisotopic (exact) mass is 459 g/mol. The highest BCUT2D eigenvalue weighted by Gasteiger charge is 2.42. The molecule has 0 N–H and O–H groups in total. The Labute approximate surface area is 200 Å². The largest absolute Gasteiger partial charge is 0.342 e. The predicted molar refractivity (Wildman–Crippen MR) is 129 cm³/mol. The zero-order chi connectivity index (χ0) is 23.3. The molecular weight excluding hydrogens is 426 g/mol. The first-order valence-electron chi connectivity index (χ1n) is 12.9. The molecule has 2 aromatic rings. The highest BCUT2D eigenvalue weighted by atomic mass is 16.2. The molecule has 1 aliphatic carbocycles. The van der Waals surface area contributed by atoms with E-state index in [0.717, 1.165) is 55.5 Å². The maximum atomic E-state index is 13.7. The summed E-state index contributed by atoms with van der Waals surface area (Å²) in [5.41, 5.74) is 2.94. The number of pyridine rings is 1. The average molecular weight is 460 g/mol. The normalized spacial score (nSPS) is 25.1. The number of hydrogen-bond acceptors (Lipinski definition) is 3. The smallest absolute Gasteiger partial charge is 0.254 e. The number of carbonyl (C=O) groups is 2. The van der Waals surface area contributed by atoms with Gasteiger partial charge in [-0.3, -0.25) is 14.4 Å². The molecule has 2 amide bonds. The van der Waals surface area contributed by atoms with Crippen molar-refractivity contribution in [3.8, 4) is 0 Å². The van der Waals surface area contributed by atoms with Crippen molar-refractivity contribution >= 4 is 11.8 Å². The highest BCUT2D eigenvalue weighted by Crippen LogP contribution is 2.43. The number of benzene rings is 1. The molecule has 6 rings (SSSR count). The molecule has 0 radical (unpaired) electrons. The molecule has 1 aromatic carbocycles. The number of fused-ring (bicyclic) bond motifs is 5. The van der Waals surface area contributed by atoms with E-state index in [9.17, 15) is 14.4 Å². The molecule has 34 heavy (non-hydrogen) atoms. The fourth-order valence-electron chi connectivity index (χ4n) is 7.07. The Morgan fingerprint density at radius 1 is 0.941 bits per heavy atom. The fourth-order valence-corrected chi connectivity index (χ4v) is 7.07. The van der Waals surface area contributed by atoms with Crippen molar-refractivity contribution in [3.63, 3.8) is 0 Å². The van der Waals surface area contributed by atoms with Gasteiger partial charge in [0.2, 0.25) is 5.91 Å². The van der Waals surface area contributed by atoms with Gasteiger partial charge < -0.3 is 14.4 Å². The number of amides is 2. The summed E-state index contributed by atoms with van der Waals surface area (Å²) in [6.45, 7) is 3.47. The summed E-state index contributed by atoms with van der Waals surface area (Å²) in [6.07, 6.45) is 7.07. The van der Waals surface area contributed by atoms with E-state index in [-0.39, 0.29) is 28.7 Å². The minimum Gasteiger partial charge on any atom is -0.342 e. The fraction of sp³-hybridized carbons (Fsp3) is 0.536. The Morgan fingerprint density at radius 2 is 1.76 bits per heavy atom. The van der Waals surface area contributed by atoms with E-state index in [4.69, 9.17) is 0 Å². The summed E-state index contributed by atoms with van der Waals surface area (Å²) in [4.78, 5) is 43.2. The van der Waals surface area contributed by atoms with Gasteiger partial charge in [-0.25, -0.2) is 0 Å². The minimum absolute atomic E-state index is 0.0735. The lowest BCUT2D eigenvalue weighted by Crippen LogP contribution is -2.51. The van der Waals surface area contributed by atoms with Gasteiger partial charge in [0.25, 0.3) is 11.5 Å². The summed E-state index contributed by atoms with van der Waals surface area (Å²) in [5, 5.41) is 0. The minimum atomic E-state index is -0.131. The van der Waals surface area contributed by atoms with Crippen LogP contribution in [0, 0.1) is 11.3 Å². The molecule has 2 atom stereocenters. The first kappa shape index (κ1) is 21.6. The second-order valence-corrected chi connectivity index (χ2v) is 11.1.